The van der Waals surface area contributed by atoms with Gasteiger partial charge in [-0.05, 0) is 19.3 Å². The maximum Gasteiger partial charge on any atom is 0.264 e. The van der Waals surface area contributed by atoms with Crippen molar-refractivity contribution in [2.24, 2.45) is 0 Å². The Morgan fingerprint density at radius 3 is 2.59 bits per heavy atom. The van der Waals surface area contributed by atoms with Gasteiger partial charge in [0.25, 0.3) is 10.1 Å². The standard InChI is InChI=1S/C10H17NO5S/c1-8(12)11-6-2-4-9(11)10(13)5-3-7-17(14,15)16/h9H,2-7H2,1H3,(H,14,15,16). The number of hydrogen-bond acceptors (Lipinski definition) is 4. The summed E-state index contributed by atoms with van der Waals surface area (Å²) >= 11 is 0. The van der Waals surface area contributed by atoms with E-state index in [9.17, 15) is 18.0 Å². The molecule has 7 heteroatoms. The van der Waals surface area contributed by atoms with Crippen LogP contribution in [0.25, 0.3) is 0 Å². The van der Waals surface area contributed by atoms with Crippen LogP contribution in [-0.2, 0) is 19.7 Å². The molecule has 1 atom stereocenters. The molecule has 1 aliphatic rings. The van der Waals surface area contributed by atoms with Crippen molar-refractivity contribution >= 4 is 21.8 Å². The van der Waals surface area contributed by atoms with Crippen LogP contribution in [0.1, 0.15) is 32.6 Å². The van der Waals surface area contributed by atoms with Gasteiger partial charge in [-0.2, -0.15) is 8.42 Å². The van der Waals surface area contributed by atoms with Gasteiger partial charge in [0, 0.05) is 19.9 Å². The average Bonchev–Trinajstić information content (AvgIpc) is 2.63. The van der Waals surface area contributed by atoms with Gasteiger partial charge in [0.05, 0.1) is 11.8 Å². The molecule has 0 spiro atoms. The Balaban J connectivity index is 2.45. The second-order valence-electron chi connectivity index (χ2n) is 4.23. The predicted molar refractivity (Wildman–Crippen MR) is 61.1 cm³/mol. The third-order valence-corrected chi connectivity index (χ3v) is 3.66. The van der Waals surface area contributed by atoms with E-state index in [1.54, 1.807) is 0 Å². The molecule has 0 aromatic carbocycles. The molecule has 1 amide bonds. The summed E-state index contributed by atoms with van der Waals surface area (Å²) in [6.45, 7) is 2.01. The minimum Gasteiger partial charge on any atom is -0.333 e. The molecule has 1 N–H and O–H groups in total. The molecule has 0 aromatic heterocycles. The molecule has 1 aliphatic heterocycles. The SMILES string of the molecule is CC(=O)N1CCCC1C(=O)CCCS(=O)(=O)O. The Labute approximate surface area is 101 Å². The van der Waals surface area contributed by atoms with E-state index in [-0.39, 0.29) is 24.5 Å². The van der Waals surface area contributed by atoms with Crippen molar-refractivity contribution in [3.63, 3.8) is 0 Å². The maximum atomic E-state index is 11.8. The molecule has 0 bridgehead atoms. The fraction of sp³-hybridized carbons (Fsp3) is 0.800. The molecule has 0 radical (unpaired) electrons. The lowest BCUT2D eigenvalue weighted by molar-refractivity contribution is -0.135. The number of rotatable bonds is 5. The van der Waals surface area contributed by atoms with Crippen LogP contribution in [-0.4, -0.2) is 47.9 Å². The fourth-order valence-corrected chi connectivity index (χ4v) is 2.58. The Morgan fingerprint density at radius 1 is 1.41 bits per heavy atom. The van der Waals surface area contributed by atoms with Gasteiger partial charge in [-0.15, -0.1) is 0 Å². The van der Waals surface area contributed by atoms with Crippen LogP contribution >= 0.6 is 0 Å². The van der Waals surface area contributed by atoms with E-state index in [4.69, 9.17) is 4.55 Å². The molecule has 1 saturated heterocycles. The number of likely N-dealkylation sites (tertiary alicyclic amines) is 1. The molecular formula is C10H17NO5S. The van der Waals surface area contributed by atoms with Gasteiger partial charge in [-0.3, -0.25) is 14.1 Å². The number of hydrogen-bond donors (Lipinski definition) is 1. The van der Waals surface area contributed by atoms with E-state index in [1.807, 2.05) is 0 Å². The highest BCUT2D eigenvalue weighted by atomic mass is 32.2. The summed E-state index contributed by atoms with van der Waals surface area (Å²) < 4.78 is 29.5. The van der Waals surface area contributed by atoms with Crippen molar-refractivity contribution in [2.75, 3.05) is 12.3 Å². The number of nitrogens with zero attached hydrogens (tertiary/aromatic N) is 1. The minimum absolute atomic E-state index is 0.0776. The lowest BCUT2D eigenvalue weighted by atomic mass is 10.1. The largest absolute Gasteiger partial charge is 0.333 e. The molecule has 1 fully saturated rings. The summed E-state index contributed by atoms with van der Waals surface area (Å²) in [5, 5.41) is 0. The number of Topliss-reactive ketones (excluding diaryl/α,β-unsaturated/α-hetero) is 1. The Morgan fingerprint density at radius 2 is 2.06 bits per heavy atom. The van der Waals surface area contributed by atoms with Crippen molar-refractivity contribution in [3.8, 4) is 0 Å². The number of carbonyl (C=O) groups is 2. The predicted octanol–water partition coefficient (Wildman–Crippen LogP) is 0.234. The Kier molecular flexibility index (Phi) is 4.64. The number of amides is 1. The van der Waals surface area contributed by atoms with Gasteiger partial charge in [-0.25, -0.2) is 0 Å². The van der Waals surface area contributed by atoms with Gasteiger partial charge in [0.1, 0.15) is 0 Å². The van der Waals surface area contributed by atoms with Crippen molar-refractivity contribution in [1.82, 2.24) is 4.90 Å². The molecule has 6 nitrogen and oxygen atoms in total. The van der Waals surface area contributed by atoms with Gasteiger partial charge >= 0.3 is 0 Å². The van der Waals surface area contributed by atoms with Crippen LogP contribution < -0.4 is 0 Å². The van der Waals surface area contributed by atoms with Gasteiger partial charge in [0.15, 0.2) is 5.78 Å². The van der Waals surface area contributed by atoms with Crippen LogP contribution in [0.2, 0.25) is 0 Å². The van der Waals surface area contributed by atoms with Gasteiger partial charge < -0.3 is 4.90 Å². The third-order valence-electron chi connectivity index (χ3n) is 2.85. The van der Waals surface area contributed by atoms with Crippen LogP contribution in [0, 0.1) is 0 Å². The Bertz CT molecular complexity index is 403. The van der Waals surface area contributed by atoms with Crippen LogP contribution in [0.5, 0.6) is 0 Å². The monoisotopic (exact) mass is 263 g/mol. The van der Waals surface area contributed by atoms with E-state index >= 15 is 0 Å². The molecule has 98 valence electrons. The summed E-state index contributed by atoms with van der Waals surface area (Å²) in [4.78, 5) is 24.5. The number of carbonyl (C=O) groups excluding carboxylic acids is 2. The van der Waals surface area contributed by atoms with Crippen molar-refractivity contribution in [1.29, 1.82) is 0 Å². The molecule has 1 heterocycles. The molecule has 1 rings (SSSR count). The second-order valence-corrected chi connectivity index (χ2v) is 5.80. The average molecular weight is 263 g/mol. The van der Waals surface area contributed by atoms with E-state index in [1.165, 1.54) is 11.8 Å². The number of ketones is 1. The van der Waals surface area contributed by atoms with E-state index in [2.05, 4.69) is 0 Å². The van der Waals surface area contributed by atoms with Crippen molar-refractivity contribution in [2.45, 2.75) is 38.6 Å². The highest BCUT2D eigenvalue weighted by molar-refractivity contribution is 7.85. The first-order valence-electron chi connectivity index (χ1n) is 5.56. The molecule has 0 saturated carbocycles. The zero-order chi connectivity index (χ0) is 13.1. The van der Waals surface area contributed by atoms with Crippen LogP contribution in [0.4, 0.5) is 0 Å². The van der Waals surface area contributed by atoms with Gasteiger partial charge in [-0.1, -0.05) is 0 Å². The first-order valence-corrected chi connectivity index (χ1v) is 7.17. The first-order chi connectivity index (χ1) is 7.81. The lowest BCUT2D eigenvalue weighted by Gasteiger charge is -2.21. The highest BCUT2D eigenvalue weighted by Gasteiger charge is 2.31. The zero-order valence-corrected chi connectivity index (χ0v) is 10.6. The maximum absolute atomic E-state index is 11.8. The molecule has 0 aliphatic carbocycles. The van der Waals surface area contributed by atoms with Crippen molar-refractivity contribution in [3.05, 3.63) is 0 Å². The second kappa shape index (κ2) is 5.59. The van der Waals surface area contributed by atoms with E-state index < -0.39 is 21.9 Å². The zero-order valence-electron chi connectivity index (χ0n) is 9.76. The summed E-state index contributed by atoms with van der Waals surface area (Å²) in [5.41, 5.74) is 0. The normalized spacial score (nSPS) is 20.6. The summed E-state index contributed by atoms with van der Waals surface area (Å²) in [6, 6.07) is -0.408. The smallest absolute Gasteiger partial charge is 0.264 e. The minimum atomic E-state index is -4.01. The molecular weight excluding hydrogens is 246 g/mol. The highest BCUT2D eigenvalue weighted by Crippen LogP contribution is 2.19. The summed E-state index contributed by atoms with van der Waals surface area (Å²) in [5.74, 6) is -0.664. The van der Waals surface area contributed by atoms with Crippen LogP contribution in [0.3, 0.4) is 0 Å². The Hall–Kier alpha value is -0.950. The van der Waals surface area contributed by atoms with E-state index in [0.717, 1.165) is 6.42 Å². The molecule has 0 aromatic rings. The van der Waals surface area contributed by atoms with Crippen LogP contribution in [0.15, 0.2) is 0 Å². The molecule has 17 heavy (non-hydrogen) atoms. The quantitative estimate of drug-likeness (QED) is 0.717. The topological polar surface area (TPSA) is 91.8 Å². The fourth-order valence-electron chi connectivity index (χ4n) is 2.07. The summed E-state index contributed by atoms with van der Waals surface area (Å²) in [6.07, 6.45) is 1.62. The van der Waals surface area contributed by atoms with Crippen molar-refractivity contribution < 1.29 is 22.6 Å². The summed E-state index contributed by atoms with van der Waals surface area (Å²) in [7, 11) is -4.01. The lowest BCUT2D eigenvalue weighted by Crippen LogP contribution is -2.39. The molecule has 1 unspecified atom stereocenters. The first kappa shape index (κ1) is 14.1. The third kappa shape index (κ3) is 4.43. The van der Waals surface area contributed by atoms with Gasteiger partial charge in [0.2, 0.25) is 5.91 Å². The van der Waals surface area contributed by atoms with E-state index in [0.29, 0.717) is 13.0 Å².